The lowest BCUT2D eigenvalue weighted by Crippen LogP contribution is -2.40. The molecule has 0 radical (unpaired) electrons. The van der Waals surface area contributed by atoms with Gasteiger partial charge in [-0.3, -0.25) is 4.79 Å². The molecule has 2 amide bonds. The van der Waals surface area contributed by atoms with E-state index in [2.05, 4.69) is 10.1 Å². The Morgan fingerprint density at radius 3 is 3.00 bits per heavy atom. The van der Waals surface area contributed by atoms with E-state index < -0.39 is 0 Å². The van der Waals surface area contributed by atoms with Gasteiger partial charge in [-0.2, -0.15) is 11.8 Å². The normalized spacial score (nSPS) is 29.3. The topological polar surface area (TPSA) is 58.6 Å². The van der Waals surface area contributed by atoms with E-state index in [0.717, 1.165) is 31.6 Å². The Labute approximate surface area is 118 Å². The summed E-state index contributed by atoms with van der Waals surface area (Å²) in [5, 5.41) is 3.56. The van der Waals surface area contributed by atoms with Crippen molar-refractivity contribution in [2.45, 2.75) is 49.9 Å². The van der Waals surface area contributed by atoms with E-state index in [-0.39, 0.29) is 12.0 Å². The zero-order valence-electron chi connectivity index (χ0n) is 11.6. The molecule has 3 unspecified atom stereocenters. The van der Waals surface area contributed by atoms with Crippen LogP contribution >= 0.6 is 11.8 Å². The lowest BCUT2D eigenvalue weighted by atomic mass is 10.0. The molecule has 19 heavy (non-hydrogen) atoms. The molecule has 0 spiro atoms. The van der Waals surface area contributed by atoms with E-state index in [1.807, 2.05) is 23.6 Å². The summed E-state index contributed by atoms with van der Waals surface area (Å²) >= 11 is 1.95. The number of amides is 2. The van der Waals surface area contributed by atoms with Crippen molar-refractivity contribution in [2.75, 3.05) is 19.4 Å². The van der Waals surface area contributed by atoms with E-state index in [1.54, 1.807) is 0 Å². The molecule has 2 saturated heterocycles. The van der Waals surface area contributed by atoms with Gasteiger partial charge in [0.25, 0.3) is 0 Å². The minimum atomic E-state index is -0.134. The van der Waals surface area contributed by atoms with Crippen molar-refractivity contribution in [1.82, 2.24) is 10.2 Å². The SMILES string of the molecule is CCN1C(=O)NC2CSC(CCCCC(=O)OC)C21. The smallest absolute Gasteiger partial charge is 0.318 e. The molecule has 2 aliphatic rings. The van der Waals surface area contributed by atoms with Gasteiger partial charge in [0.1, 0.15) is 0 Å². The number of hydrogen-bond acceptors (Lipinski definition) is 4. The molecule has 2 aliphatic heterocycles. The first-order chi connectivity index (χ1) is 9.17. The number of urea groups is 1. The Kier molecular flexibility index (Phi) is 4.96. The van der Waals surface area contributed by atoms with Gasteiger partial charge in [-0.25, -0.2) is 4.79 Å². The van der Waals surface area contributed by atoms with E-state index in [1.165, 1.54) is 7.11 Å². The third-order valence-corrected chi connectivity index (χ3v) is 5.39. The highest BCUT2D eigenvalue weighted by molar-refractivity contribution is 8.00. The molecule has 2 heterocycles. The molecule has 2 rings (SSSR count). The molecule has 5 nitrogen and oxygen atoms in total. The molecule has 0 aromatic rings. The number of unbranched alkanes of at least 4 members (excludes halogenated alkanes) is 1. The first-order valence-electron chi connectivity index (χ1n) is 6.93. The van der Waals surface area contributed by atoms with Gasteiger partial charge in [0, 0.05) is 24.0 Å². The van der Waals surface area contributed by atoms with Crippen molar-refractivity contribution in [3.63, 3.8) is 0 Å². The predicted molar refractivity (Wildman–Crippen MR) is 75.2 cm³/mol. The van der Waals surface area contributed by atoms with Gasteiger partial charge >= 0.3 is 12.0 Å². The van der Waals surface area contributed by atoms with Crippen LogP contribution in [0.5, 0.6) is 0 Å². The molecule has 2 fully saturated rings. The quantitative estimate of drug-likeness (QED) is 0.458. The Balaban J connectivity index is 1.78. The molecular formula is C13H22N2O3S. The molecule has 108 valence electrons. The zero-order chi connectivity index (χ0) is 13.8. The highest BCUT2D eigenvalue weighted by atomic mass is 32.2. The molecular weight excluding hydrogens is 264 g/mol. The van der Waals surface area contributed by atoms with E-state index in [4.69, 9.17) is 0 Å². The van der Waals surface area contributed by atoms with Crippen molar-refractivity contribution in [1.29, 1.82) is 0 Å². The number of esters is 1. The number of fused-ring (bicyclic) bond motifs is 1. The number of carbonyl (C=O) groups excluding carboxylic acids is 2. The molecule has 0 aromatic carbocycles. The monoisotopic (exact) mass is 286 g/mol. The minimum absolute atomic E-state index is 0.0809. The lowest BCUT2D eigenvalue weighted by Gasteiger charge is -2.26. The molecule has 0 saturated carbocycles. The molecule has 3 atom stereocenters. The van der Waals surface area contributed by atoms with Gasteiger partial charge in [0.15, 0.2) is 0 Å². The van der Waals surface area contributed by atoms with Crippen molar-refractivity contribution in [3.8, 4) is 0 Å². The van der Waals surface area contributed by atoms with Gasteiger partial charge in [0.05, 0.1) is 19.2 Å². The number of hydrogen-bond donors (Lipinski definition) is 1. The second-order valence-electron chi connectivity index (χ2n) is 5.03. The number of thioether (sulfide) groups is 1. The van der Waals surface area contributed by atoms with E-state index in [0.29, 0.717) is 23.8 Å². The minimum Gasteiger partial charge on any atom is -0.469 e. The predicted octanol–water partition coefficient (Wildman–Crippen LogP) is 1.62. The molecule has 1 N–H and O–H groups in total. The summed E-state index contributed by atoms with van der Waals surface area (Å²) in [7, 11) is 1.43. The number of rotatable bonds is 6. The summed E-state index contributed by atoms with van der Waals surface area (Å²) in [4.78, 5) is 24.8. The van der Waals surface area contributed by atoms with Crippen molar-refractivity contribution in [2.24, 2.45) is 0 Å². The number of nitrogens with one attached hydrogen (secondary N) is 1. The zero-order valence-corrected chi connectivity index (χ0v) is 12.4. The molecule has 0 aliphatic carbocycles. The number of likely N-dealkylation sites (N-methyl/N-ethyl adjacent to an activating group) is 1. The van der Waals surface area contributed by atoms with E-state index >= 15 is 0 Å². The summed E-state index contributed by atoms with van der Waals surface area (Å²) in [5.41, 5.74) is 0. The first-order valence-corrected chi connectivity index (χ1v) is 7.97. The first kappa shape index (κ1) is 14.5. The molecule has 0 bridgehead atoms. The average Bonchev–Trinajstić information content (AvgIpc) is 2.92. The number of nitrogens with zero attached hydrogens (tertiary/aromatic N) is 1. The molecule has 6 heteroatoms. The summed E-state index contributed by atoms with van der Waals surface area (Å²) in [6, 6.07) is 0.723. The van der Waals surface area contributed by atoms with E-state index in [9.17, 15) is 9.59 Å². The summed E-state index contributed by atoms with van der Waals surface area (Å²) in [6.45, 7) is 2.80. The molecule has 0 aromatic heterocycles. The Bertz CT molecular complexity index is 351. The summed E-state index contributed by atoms with van der Waals surface area (Å²) < 4.78 is 4.63. The number of ether oxygens (including phenoxy) is 1. The second kappa shape index (κ2) is 6.50. The fraction of sp³-hybridized carbons (Fsp3) is 0.846. The maximum atomic E-state index is 11.8. The Hall–Kier alpha value is -0.910. The van der Waals surface area contributed by atoms with Crippen LogP contribution in [0.2, 0.25) is 0 Å². The van der Waals surface area contributed by atoms with Crippen LogP contribution < -0.4 is 5.32 Å². The van der Waals surface area contributed by atoms with Crippen LogP contribution in [-0.4, -0.2) is 53.6 Å². The maximum Gasteiger partial charge on any atom is 0.318 e. The van der Waals surface area contributed by atoms with Crippen molar-refractivity contribution in [3.05, 3.63) is 0 Å². The van der Waals surface area contributed by atoms with Gasteiger partial charge in [-0.05, 0) is 19.8 Å². The van der Waals surface area contributed by atoms with Gasteiger partial charge in [-0.1, -0.05) is 6.42 Å². The van der Waals surface area contributed by atoms with Crippen LogP contribution in [0.15, 0.2) is 0 Å². The Morgan fingerprint density at radius 1 is 1.53 bits per heavy atom. The average molecular weight is 286 g/mol. The lowest BCUT2D eigenvalue weighted by molar-refractivity contribution is -0.140. The van der Waals surface area contributed by atoms with Crippen LogP contribution in [0.3, 0.4) is 0 Å². The van der Waals surface area contributed by atoms with Crippen LogP contribution in [0.4, 0.5) is 4.79 Å². The standard InChI is InChI=1S/C13H22N2O3S/c1-3-15-12-9(14-13(15)17)8-19-10(12)6-4-5-7-11(16)18-2/h9-10,12H,3-8H2,1-2H3,(H,14,17). The van der Waals surface area contributed by atoms with Crippen molar-refractivity contribution >= 4 is 23.8 Å². The third kappa shape index (κ3) is 3.16. The fourth-order valence-corrected chi connectivity index (χ4v) is 4.53. The number of methoxy groups -OCH3 is 1. The largest absolute Gasteiger partial charge is 0.469 e. The second-order valence-corrected chi connectivity index (χ2v) is 6.30. The summed E-state index contributed by atoms with van der Waals surface area (Å²) in [5.74, 6) is 0.874. The Morgan fingerprint density at radius 2 is 2.32 bits per heavy atom. The highest BCUT2D eigenvalue weighted by Gasteiger charge is 2.47. The van der Waals surface area contributed by atoms with Crippen LogP contribution in [0.25, 0.3) is 0 Å². The number of carbonyl (C=O) groups is 2. The maximum absolute atomic E-state index is 11.8. The summed E-state index contributed by atoms with van der Waals surface area (Å²) in [6.07, 6.45) is 3.45. The van der Waals surface area contributed by atoms with Crippen LogP contribution in [-0.2, 0) is 9.53 Å². The van der Waals surface area contributed by atoms with Gasteiger partial charge in [0.2, 0.25) is 0 Å². The van der Waals surface area contributed by atoms with Gasteiger partial charge < -0.3 is 15.0 Å². The third-order valence-electron chi connectivity index (χ3n) is 3.90. The highest BCUT2D eigenvalue weighted by Crippen LogP contribution is 2.37. The van der Waals surface area contributed by atoms with Crippen molar-refractivity contribution < 1.29 is 14.3 Å². The van der Waals surface area contributed by atoms with Crippen LogP contribution in [0, 0.1) is 0 Å². The van der Waals surface area contributed by atoms with Crippen LogP contribution in [0.1, 0.15) is 32.6 Å². The van der Waals surface area contributed by atoms with Gasteiger partial charge in [-0.15, -0.1) is 0 Å². The fourth-order valence-electron chi connectivity index (χ4n) is 2.93.